The van der Waals surface area contributed by atoms with Gasteiger partial charge in [0.05, 0.1) is 5.02 Å². The van der Waals surface area contributed by atoms with Crippen LogP contribution in [0.3, 0.4) is 0 Å². The van der Waals surface area contributed by atoms with Crippen molar-refractivity contribution in [2.24, 2.45) is 0 Å². The highest BCUT2D eigenvalue weighted by Gasteiger charge is 2.17. The fraction of sp³-hybridized carbons (Fsp3) is 0.0769. The van der Waals surface area contributed by atoms with Crippen LogP contribution >= 0.6 is 23.4 Å². The van der Waals surface area contributed by atoms with Gasteiger partial charge in [-0.2, -0.15) is 8.78 Å². The van der Waals surface area contributed by atoms with Crippen molar-refractivity contribution in [3.8, 4) is 0 Å². The van der Waals surface area contributed by atoms with Crippen molar-refractivity contribution in [2.75, 3.05) is 4.72 Å². The Morgan fingerprint density at radius 2 is 1.67 bits per heavy atom. The highest BCUT2D eigenvalue weighted by atomic mass is 35.5. The molecule has 0 atom stereocenters. The second-order valence-corrected chi connectivity index (χ2v) is 7.06. The Bertz CT molecular complexity index is 721. The molecule has 0 saturated carbocycles. The van der Waals surface area contributed by atoms with Crippen LogP contribution in [-0.2, 0) is 10.0 Å². The standard InChI is InChI=1S/C13H10ClF2NO2S2/c14-11-3-1-2-4-12(11)21(18,19)17-9-5-7-10(8-6-9)20-13(15)16/h1-8,13,17H. The molecule has 8 heteroatoms. The monoisotopic (exact) mass is 349 g/mol. The van der Waals surface area contributed by atoms with Gasteiger partial charge in [0.25, 0.3) is 15.8 Å². The predicted octanol–water partition coefficient (Wildman–Crippen LogP) is 4.46. The summed E-state index contributed by atoms with van der Waals surface area (Å²) in [6.45, 7) is 0. The van der Waals surface area contributed by atoms with Gasteiger partial charge in [0.2, 0.25) is 0 Å². The molecule has 1 N–H and O–H groups in total. The minimum atomic E-state index is -3.82. The first-order valence-electron chi connectivity index (χ1n) is 5.71. The smallest absolute Gasteiger partial charge is 0.280 e. The molecule has 0 aromatic heterocycles. The number of hydrogen-bond acceptors (Lipinski definition) is 3. The zero-order chi connectivity index (χ0) is 15.5. The summed E-state index contributed by atoms with van der Waals surface area (Å²) in [5.74, 6) is -2.52. The molecule has 0 aliphatic heterocycles. The summed E-state index contributed by atoms with van der Waals surface area (Å²) in [4.78, 5) is 0.309. The van der Waals surface area contributed by atoms with Crippen molar-refractivity contribution >= 4 is 39.1 Å². The average Bonchev–Trinajstić information content (AvgIpc) is 2.40. The minimum absolute atomic E-state index is 0.0438. The van der Waals surface area contributed by atoms with Crippen molar-refractivity contribution in [3.05, 3.63) is 53.6 Å². The normalized spacial score (nSPS) is 11.6. The second kappa shape index (κ2) is 6.64. The maximum Gasteiger partial charge on any atom is 0.288 e. The molecule has 0 bridgehead atoms. The van der Waals surface area contributed by atoms with E-state index in [9.17, 15) is 17.2 Å². The molecule has 0 amide bonds. The van der Waals surface area contributed by atoms with E-state index in [4.69, 9.17) is 11.6 Å². The molecular weight excluding hydrogens is 340 g/mol. The summed E-state index contributed by atoms with van der Waals surface area (Å²) in [5.41, 5.74) is 0.272. The number of nitrogens with one attached hydrogen (secondary N) is 1. The lowest BCUT2D eigenvalue weighted by Gasteiger charge is -2.09. The predicted molar refractivity (Wildman–Crippen MR) is 80.6 cm³/mol. The molecular formula is C13H10ClF2NO2S2. The Morgan fingerprint density at radius 1 is 1.05 bits per heavy atom. The molecule has 21 heavy (non-hydrogen) atoms. The van der Waals surface area contributed by atoms with Crippen LogP contribution in [0.15, 0.2) is 58.3 Å². The number of thioether (sulfide) groups is 1. The van der Waals surface area contributed by atoms with Crippen LogP contribution in [0.1, 0.15) is 0 Å². The van der Waals surface area contributed by atoms with E-state index in [0.29, 0.717) is 16.7 Å². The van der Waals surface area contributed by atoms with Crippen LogP contribution in [0.4, 0.5) is 14.5 Å². The zero-order valence-corrected chi connectivity index (χ0v) is 12.9. The van der Waals surface area contributed by atoms with Crippen LogP contribution in [-0.4, -0.2) is 14.2 Å². The van der Waals surface area contributed by atoms with Crippen molar-refractivity contribution in [1.82, 2.24) is 0 Å². The van der Waals surface area contributed by atoms with Crippen LogP contribution < -0.4 is 4.72 Å². The quantitative estimate of drug-likeness (QED) is 0.811. The lowest BCUT2D eigenvalue weighted by Crippen LogP contribution is -2.13. The molecule has 0 aliphatic carbocycles. The number of anilines is 1. The summed E-state index contributed by atoms with van der Waals surface area (Å²) >= 11 is 6.24. The van der Waals surface area contributed by atoms with Gasteiger partial charge in [0.1, 0.15) is 4.90 Å². The van der Waals surface area contributed by atoms with E-state index in [-0.39, 0.29) is 15.6 Å². The van der Waals surface area contributed by atoms with Gasteiger partial charge in [-0.15, -0.1) is 0 Å². The fourth-order valence-electron chi connectivity index (χ4n) is 1.58. The molecule has 112 valence electrons. The molecule has 0 aliphatic rings. The molecule has 0 spiro atoms. The molecule has 0 unspecified atom stereocenters. The fourth-order valence-corrected chi connectivity index (χ4v) is 3.66. The number of halogens is 3. The highest BCUT2D eigenvalue weighted by molar-refractivity contribution is 7.99. The average molecular weight is 350 g/mol. The number of hydrogen-bond donors (Lipinski definition) is 1. The number of benzene rings is 2. The Hall–Kier alpha value is -1.31. The first kappa shape index (κ1) is 16.1. The third kappa shape index (κ3) is 4.33. The van der Waals surface area contributed by atoms with Gasteiger partial charge in [-0.3, -0.25) is 4.72 Å². The van der Waals surface area contributed by atoms with E-state index in [0.717, 1.165) is 0 Å². The largest absolute Gasteiger partial charge is 0.288 e. The third-order valence-electron chi connectivity index (χ3n) is 2.46. The van der Waals surface area contributed by atoms with E-state index in [1.165, 1.54) is 36.4 Å². The molecule has 0 saturated heterocycles. The summed E-state index contributed by atoms with van der Waals surface area (Å²) in [6, 6.07) is 11.7. The van der Waals surface area contributed by atoms with Crippen LogP contribution in [0.25, 0.3) is 0 Å². The van der Waals surface area contributed by atoms with Crippen molar-refractivity contribution < 1.29 is 17.2 Å². The number of alkyl halides is 2. The molecule has 3 nitrogen and oxygen atoms in total. The van der Waals surface area contributed by atoms with Gasteiger partial charge >= 0.3 is 0 Å². The molecule has 2 aromatic carbocycles. The SMILES string of the molecule is O=S(=O)(Nc1ccc(SC(F)F)cc1)c1ccccc1Cl. The summed E-state index contributed by atoms with van der Waals surface area (Å²) in [7, 11) is -3.82. The zero-order valence-electron chi connectivity index (χ0n) is 10.5. The highest BCUT2D eigenvalue weighted by Crippen LogP contribution is 2.27. The van der Waals surface area contributed by atoms with Gasteiger partial charge < -0.3 is 0 Å². The topological polar surface area (TPSA) is 46.2 Å². The first-order valence-corrected chi connectivity index (χ1v) is 8.45. The van der Waals surface area contributed by atoms with E-state index < -0.39 is 15.8 Å². The molecule has 0 fully saturated rings. The van der Waals surface area contributed by atoms with E-state index in [1.807, 2.05) is 0 Å². The summed E-state index contributed by atoms with van der Waals surface area (Å²) in [5, 5.41) is 0.106. The van der Waals surface area contributed by atoms with Crippen molar-refractivity contribution in [1.29, 1.82) is 0 Å². The Labute approximate surface area is 130 Å². The second-order valence-electron chi connectivity index (χ2n) is 3.94. The van der Waals surface area contributed by atoms with Crippen LogP contribution in [0, 0.1) is 0 Å². The van der Waals surface area contributed by atoms with Crippen molar-refractivity contribution in [2.45, 2.75) is 15.5 Å². The molecule has 2 rings (SSSR count). The maximum absolute atomic E-state index is 12.2. The number of rotatable bonds is 5. The van der Waals surface area contributed by atoms with Gasteiger partial charge in [-0.1, -0.05) is 35.5 Å². The van der Waals surface area contributed by atoms with Gasteiger partial charge in [-0.25, -0.2) is 8.42 Å². The van der Waals surface area contributed by atoms with E-state index in [2.05, 4.69) is 4.72 Å². The molecule has 2 aromatic rings. The lowest BCUT2D eigenvalue weighted by molar-refractivity contribution is 0.252. The Morgan fingerprint density at radius 3 is 2.24 bits per heavy atom. The van der Waals surface area contributed by atoms with Crippen LogP contribution in [0.2, 0.25) is 5.02 Å². The minimum Gasteiger partial charge on any atom is -0.280 e. The van der Waals surface area contributed by atoms with Gasteiger partial charge in [0, 0.05) is 10.6 Å². The Kier molecular flexibility index (Phi) is 5.08. The molecule has 0 heterocycles. The maximum atomic E-state index is 12.2. The van der Waals surface area contributed by atoms with Gasteiger partial charge in [-0.05, 0) is 36.4 Å². The summed E-state index contributed by atoms with van der Waals surface area (Å²) in [6.07, 6.45) is 0. The van der Waals surface area contributed by atoms with Crippen LogP contribution in [0.5, 0.6) is 0 Å². The molecule has 0 radical (unpaired) electrons. The third-order valence-corrected chi connectivity index (χ3v) is 5.06. The van der Waals surface area contributed by atoms with E-state index >= 15 is 0 Å². The lowest BCUT2D eigenvalue weighted by atomic mass is 10.3. The number of sulfonamides is 1. The first-order chi connectivity index (χ1) is 9.88. The summed E-state index contributed by atoms with van der Waals surface area (Å²) < 4.78 is 51.1. The Balaban J connectivity index is 2.19. The van der Waals surface area contributed by atoms with Crippen molar-refractivity contribution in [3.63, 3.8) is 0 Å². The van der Waals surface area contributed by atoms with E-state index in [1.54, 1.807) is 12.1 Å². The van der Waals surface area contributed by atoms with Gasteiger partial charge in [0.15, 0.2) is 0 Å².